The van der Waals surface area contributed by atoms with Gasteiger partial charge < -0.3 is 0 Å². The molecule has 0 saturated heterocycles. The van der Waals surface area contributed by atoms with Gasteiger partial charge in [-0.2, -0.15) is 5.54 Å². The first kappa shape index (κ1) is 9.11. The fourth-order valence-electron chi connectivity index (χ4n) is 0.789. The smallest absolute Gasteiger partial charge is 0.267 e. The summed E-state index contributed by atoms with van der Waals surface area (Å²) < 4.78 is 11.6. The number of benzene rings is 1. The van der Waals surface area contributed by atoms with Gasteiger partial charge in [0.1, 0.15) is 0 Å². The minimum absolute atomic E-state index is 0.0353. The Kier molecular flexibility index (Phi) is 2.53. The van der Waals surface area contributed by atoms with Gasteiger partial charge in [-0.1, -0.05) is 4.48 Å². The van der Waals surface area contributed by atoms with Gasteiger partial charge in [0.2, 0.25) is 0 Å². The van der Waals surface area contributed by atoms with E-state index in [9.17, 15) is 19.4 Å². The summed E-state index contributed by atoms with van der Waals surface area (Å²) in [6.45, 7) is 0. The van der Waals surface area contributed by atoms with Crippen LogP contribution in [-0.4, -0.2) is 10.8 Å². The van der Waals surface area contributed by atoms with Crippen LogP contribution in [0.15, 0.2) is 24.3 Å². The maximum atomic E-state index is 11.6. The van der Waals surface area contributed by atoms with Crippen LogP contribution in [0.2, 0.25) is 0 Å². The molecule has 13 heavy (non-hydrogen) atoms. The van der Waals surface area contributed by atoms with E-state index in [1.54, 1.807) is 0 Å². The molecule has 1 aromatic carbocycles. The van der Waals surface area contributed by atoms with Crippen molar-refractivity contribution in [3.63, 3.8) is 0 Å². The lowest BCUT2D eigenvalue weighted by Crippen LogP contribution is -2.13. The molecule has 0 unspecified atom stereocenters. The molecule has 1 amide bonds. The van der Waals surface area contributed by atoms with E-state index in [-0.39, 0.29) is 11.3 Å². The third-order valence-corrected chi connectivity index (χ3v) is 1.43. The monoisotopic (exact) mass is 184 g/mol. The molecule has 5 nitrogen and oxygen atoms in total. The molecular formula is C7H5FN2O3. The second-order valence-electron chi connectivity index (χ2n) is 2.23. The number of nitrogens with one attached hydrogen (secondary N) is 1. The standard InChI is InChI=1S/C7H5FN2O3/c8-9-7(11)5-1-3-6(4-2-5)10(12)13/h1-4H,(H,9,11). The molecule has 0 aliphatic carbocycles. The highest BCUT2D eigenvalue weighted by molar-refractivity contribution is 5.93. The Morgan fingerprint density at radius 1 is 1.38 bits per heavy atom. The Morgan fingerprint density at radius 2 is 1.92 bits per heavy atom. The van der Waals surface area contributed by atoms with Gasteiger partial charge in [-0.15, -0.1) is 0 Å². The van der Waals surface area contributed by atoms with Crippen molar-refractivity contribution in [2.24, 2.45) is 0 Å². The molecule has 6 heteroatoms. The molecule has 0 aliphatic heterocycles. The molecule has 0 spiro atoms. The van der Waals surface area contributed by atoms with Crippen molar-refractivity contribution in [2.45, 2.75) is 0 Å². The Balaban J connectivity index is 2.93. The third kappa shape index (κ3) is 1.98. The number of hydrogen-bond donors (Lipinski definition) is 1. The normalized spacial score (nSPS) is 9.31. The van der Waals surface area contributed by atoms with Crippen molar-refractivity contribution in [3.8, 4) is 0 Å². The molecular weight excluding hydrogens is 179 g/mol. The van der Waals surface area contributed by atoms with Crippen LogP contribution in [-0.2, 0) is 0 Å². The number of nitro benzene ring substituents is 1. The highest BCUT2D eigenvalue weighted by Gasteiger charge is 2.08. The van der Waals surface area contributed by atoms with Crippen molar-refractivity contribution in [1.82, 2.24) is 5.54 Å². The minimum atomic E-state index is -0.921. The van der Waals surface area contributed by atoms with Crippen LogP contribution in [0.4, 0.5) is 10.2 Å². The number of hydrogen-bond acceptors (Lipinski definition) is 3. The largest absolute Gasteiger partial charge is 0.278 e. The Morgan fingerprint density at radius 3 is 2.31 bits per heavy atom. The number of nitrogens with zero attached hydrogens (tertiary/aromatic N) is 1. The number of non-ortho nitro benzene ring substituents is 1. The number of amides is 1. The van der Waals surface area contributed by atoms with Gasteiger partial charge in [0.15, 0.2) is 0 Å². The van der Waals surface area contributed by atoms with Gasteiger partial charge in [-0.25, -0.2) is 0 Å². The van der Waals surface area contributed by atoms with E-state index in [1.807, 2.05) is 0 Å². The van der Waals surface area contributed by atoms with E-state index in [1.165, 1.54) is 12.1 Å². The van der Waals surface area contributed by atoms with Crippen LogP contribution in [0, 0.1) is 10.1 Å². The number of carbonyl (C=O) groups is 1. The molecule has 0 aromatic heterocycles. The van der Waals surface area contributed by atoms with Crippen LogP contribution in [0.1, 0.15) is 10.4 Å². The molecule has 0 fully saturated rings. The van der Waals surface area contributed by atoms with Gasteiger partial charge >= 0.3 is 0 Å². The number of carbonyl (C=O) groups excluding carboxylic acids is 1. The third-order valence-electron chi connectivity index (χ3n) is 1.43. The zero-order valence-electron chi connectivity index (χ0n) is 6.36. The maximum Gasteiger partial charge on any atom is 0.278 e. The molecule has 1 N–H and O–H groups in total. The summed E-state index contributed by atoms with van der Waals surface area (Å²) in [5.74, 6) is -0.921. The molecule has 68 valence electrons. The predicted molar refractivity (Wildman–Crippen MR) is 41.7 cm³/mol. The molecule has 0 heterocycles. The average Bonchev–Trinajstić information content (AvgIpc) is 2.17. The van der Waals surface area contributed by atoms with E-state index in [0.29, 0.717) is 0 Å². The van der Waals surface area contributed by atoms with Crippen LogP contribution < -0.4 is 5.54 Å². The van der Waals surface area contributed by atoms with Gasteiger partial charge in [0.25, 0.3) is 11.6 Å². The molecule has 0 saturated carbocycles. The topological polar surface area (TPSA) is 72.2 Å². The zero-order chi connectivity index (χ0) is 9.84. The fourth-order valence-corrected chi connectivity index (χ4v) is 0.789. The second kappa shape index (κ2) is 3.61. The quantitative estimate of drug-likeness (QED) is 0.426. The van der Waals surface area contributed by atoms with Gasteiger partial charge in [-0.3, -0.25) is 14.9 Å². The summed E-state index contributed by atoms with van der Waals surface area (Å²) in [5.41, 5.74) is 0.813. The lowest BCUT2D eigenvalue weighted by atomic mass is 10.2. The van der Waals surface area contributed by atoms with Crippen LogP contribution in [0.25, 0.3) is 0 Å². The average molecular weight is 184 g/mol. The lowest BCUT2D eigenvalue weighted by molar-refractivity contribution is -0.384. The second-order valence-corrected chi connectivity index (χ2v) is 2.23. The number of halogens is 1. The van der Waals surface area contributed by atoms with Crippen molar-refractivity contribution in [2.75, 3.05) is 0 Å². The fraction of sp³-hybridized carbons (Fsp3) is 0. The molecule has 0 atom stereocenters. The first-order chi connectivity index (χ1) is 6.15. The molecule has 1 rings (SSSR count). The number of nitro groups is 1. The zero-order valence-corrected chi connectivity index (χ0v) is 6.36. The highest BCUT2D eigenvalue weighted by Crippen LogP contribution is 2.11. The van der Waals surface area contributed by atoms with Crippen molar-refractivity contribution >= 4 is 11.6 Å². The molecule has 1 aromatic rings. The van der Waals surface area contributed by atoms with Crippen LogP contribution in [0.5, 0.6) is 0 Å². The summed E-state index contributed by atoms with van der Waals surface area (Å²) in [6.07, 6.45) is 0. The predicted octanol–water partition coefficient (Wildman–Crippen LogP) is 1.21. The Labute approximate surface area is 72.3 Å². The van der Waals surface area contributed by atoms with E-state index in [2.05, 4.69) is 0 Å². The SMILES string of the molecule is O=C(NF)c1ccc([N+](=O)[O-])cc1. The van der Waals surface area contributed by atoms with Crippen molar-refractivity contribution < 1.29 is 14.2 Å². The van der Waals surface area contributed by atoms with Gasteiger partial charge in [-0.05, 0) is 12.1 Å². The summed E-state index contributed by atoms with van der Waals surface area (Å²) in [6, 6.07) is 4.61. The van der Waals surface area contributed by atoms with E-state index >= 15 is 0 Å². The van der Waals surface area contributed by atoms with E-state index in [0.717, 1.165) is 17.7 Å². The Hall–Kier alpha value is -1.98. The van der Waals surface area contributed by atoms with Crippen molar-refractivity contribution in [1.29, 1.82) is 0 Å². The first-order valence-corrected chi connectivity index (χ1v) is 3.30. The van der Waals surface area contributed by atoms with Crippen LogP contribution in [0.3, 0.4) is 0 Å². The summed E-state index contributed by atoms with van der Waals surface area (Å²) in [5, 5.41) is 10.2. The Bertz CT molecular complexity index is 336. The van der Waals surface area contributed by atoms with E-state index in [4.69, 9.17) is 0 Å². The summed E-state index contributed by atoms with van der Waals surface area (Å²) >= 11 is 0. The van der Waals surface area contributed by atoms with Gasteiger partial charge in [0, 0.05) is 17.7 Å². The minimum Gasteiger partial charge on any atom is -0.267 e. The summed E-state index contributed by atoms with van der Waals surface area (Å²) in [4.78, 5) is 20.2. The molecule has 0 radical (unpaired) electrons. The van der Waals surface area contributed by atoms with E-state index < -0.39 is 10.8 Å². The van der Waals surface area contributed by atoms with Crippen LogP contribution >= 0.6 is 0 Å². The highest BCUT2D eigenvalue weighted by atomic mass is 19.2. The first-order valence-electron chi connectivity index (χ1n) is 3.30. The molecule has 0 aliphatic rings. The maximum absolute atomic E-state index is 11.6. The lowest BCUT2D eigenvalue weighted by Gasteiger charge is -1.95. The summed E-state index contributed by atoms with van der Waals surface area (Å²) in [7, 11) is 0. The van der Waals surface area contributed by atoms with Gasteiger partial charge in [0.05, 0.1) is 4.92 Å². The number of rotatable bonds is 2. The molecule has 0 bridgehead atoms. The van der Waals surface area contributed by atoms with Crippen molar-refractivity contribution in [3.05, 3.63) is 39.9 Å².